The van der Waals surface area contributed by atoms with Crippen molar-refractivity contribution in [2.75, 3.05) is 33.2 Å². The minimum atomic E-state index is -4.58. The number of halogens is 3. The van der Waals surface area contributed by atoms with Crippen molar-refractivity contribution < 1.29 is 37.3 Å². The van der Waals surface area contributed by atoms with Gasteiger partial charge in [0.25, 0.3) is 5.91 Å². The van der Waals surface area contributed by atoms with E-state index in [1.165, 1.54) is 25.2 Å². The van der Waals surface area contributed by atoms with Gasteiger partial charge in [-0.25, -0.2) is 9.78 Å². The Bertz CT molecular complexity index is 1530. The summed E-state index contributed by atoms with van der Waals surface area (Å²) in [6.07, 6.45) is -4.09. The molecule has 0 radical (unpaired) electrons. The summed E-state index contributed by atoms with van der Waals surface area (Å²) in [6, 6.07) is 12.6. The van der Waals surface area contributed by atoms with E-state index < -0.39 is 59.2 Å². The van der Waals surface area contributed by atoms with Gasteiger partial charge in [0.1, 0.15) is 17.6 Å². The van der Waals surface area contributed by atoms with Gasteiger partial charge >= 0.3 is 12.1 Å². The average molecular weight is 643 g/mol. The van der Waals surface area contributed by atoms with Crippen molar-refractivity contribution >= 4 is 17.7 Å². The van der Waals surface area contributed by atoms with Gasteiger partial charge in [-0.3, -0.25) is 4.79 Å². The second kappa shape index (κ2) is 13.7. The van der Waals surface area contributed by atoms with Gasteiger partial charge in [0.2, 0.25) is 0 Å². The fraction of sp³-hybridized carbons (Fsp3) is 0.441. The van der Waals surface area contributed by atoms with E-state index in [1.54, 1.807) is 67.7 Å². The predicted octanol–water partition coefficient (Wildman–Crippen LogP) is 5.72. The molecule has 2 aromatic carbocycles. The number of nitrogens with one attached hydrogen (secondary N) is 1. The van der Waals surface area contributed by atoms with E-state index >= 15 is 0 Å². The molecule has 1 aliphatic rings. The van der Waals surface area contributed by atoms with Crippen LogP contribution in [0.25, 0.3) is 0 Å². The molecule has 1 aromatic heterocycles. The van der Waals surface area contributed by atoms with Crippen LogP contribution in [0.15, 0.2) is 66.9 Å². The van der Waals surface area contributed by atoms with Crippen LogP contribution in [0.5, 0.6) is 5.75 Å². The van der Waals surface area contributed by atoms with E-state index in [1.807, 2.05) is 20.8 Å². The lowest BCUT2D eigenvalue weighted by atomic mass is 9.72. The van der Waals surface area contributed by atoms with E-state index in [9.17, 15) is 27.9 Å². The molecule has 5 atom stereocenters. The summed E-state index contributed by atoms with van der Waals surface area (Å²) in [5.41, 5.74) is -0.168. The average Bonchev–Trinajstić information content (AvgIpc) is 3.36. The third-order valence-electron chi connectivity index (χ3n) is 8.43. The number of carboxylic acid groups (broad SMARTS) is 1. The zero-order valence-corrected chi connectivity index (χ0v) is 27.0. The molecular formula is C34H41F3N4O5. The van der Waals surface area contributed by atoms with Crippen molar-refractivity contribution in [3.63, 3.8) is 0 Å². The van der Waals surface area contributed by atoms with Crippen LogP contribution in [0, 0.1) is 11.3 Å². The van der Waals surface area contributed by atoms with Crippen LogP contribution >= 0.6 is 0 Å². The summed E-state index contributed by atoms with van der Waals surface area (Å²) in [6.45, 7) is 5.57. The zero-order valence-electron chi connectivity index (χ0n) is 27.0. The Morgan fingerprint density at radius 3 is 2.26 bits per heavy atom. The van der Waals surface area contributed by atoms with Gasteiger partial charge < -0.3 is 29.7 Å². The first-order valence-corrected chi connectivity index (χ1v) is 14.8. The van der Waals surface area contributed by atoms with E-state index in [4.69, 9.17) is 9.47 Å². The van der Waals surface area contributed by atoms with Crippen LogP contribution in [-0.2, 0) is 27.0 Å². The number of benzene rings is 2. The molecule has 0 saturated carbocycles. The molecule has 3 aromatic rings. The lowest BCUT2D eigenvalue weighted by Crippen LogP contribution is -2.49. The molecular weight excluding hydrogens is 601 g/mol. The number of pyridine rings is 1. The molecule has 1 fully saturated rings. The van der Waals surface area contributed by atoms with Crippen LogP contribution in [0.2, 0.25) is 0 Å². The third-order valence-corrected chi connectivity index (χ3v) is 8.43. The number of alkyl halides is 3. The molecule has 0 spiro atoms. The van der Waals surface area contributed by atoms with Gasteiger partial charge in [0, 0.05) is 57.0 Å². The third kappa shape index (κ3) is 6.97. The molecule has 12 heteroatoms. The number of aromatic nitrogens is 1. The molecule has 248 valence electrons. The fourth-order valence-corrected chi connectivity index (χ4v) is 6.53. The number of rotatable bonds is 10. The Labute approximate surface area is 267 Å². The molecule has 2 N–H and O–H groups in total. The van der Waals surface area contributed by atoms with Gasteiger partial charge in [0.05, 0.1) is 18.7 Å². The Hall–Kier alpha value is -4.16. The molecule has 4 rings (SSSR count). The first-order valence-electron chi connectivity index (χ1n) is 14.8. The van der Waals surface area contributed by atoms with Crippen molar-refractivity contribution in [2.45, 2.75) is 57.7 Å². The number of aliphatic carboxylic acids is 1. The van der Waals surface area contributed by atoms with E-state index in [0.29, 0.717) is 16.9 Å². The lowest BCUT2D eigenvalue weighted by Gasteiger charge is -2.35. The second-order valence-electron chi connectivity index (χ2n) is 12.6. The molecule has 0 bridgehead atoms. The molecule has 0 aliphatic carbocycles. The molecule has 0 unspecified atom stereocenters. The van der Waals surface area contributed by atoms with Gasteiger partial charge in [-0.1, -0.05) is 57.2 Å². The number of likely N-dealkylation sites (tertiary alicyclic amines) is 1. The SMILES string of the molecule is COc1ccc(C(F)(F)F)cc1CN[C@@H]1[C@@H](C(C)(C)C)[C@H](C(=O)O)N(C(=O)[C@H](OC)c2ccccc2)[C@@H]1c1cccnc1N(C)C. The maximum atomic E-state index is 14.6. The quantitative estimate of drug-likeness (QED) is 0.290. The fourth-order valence-electron chi connectivity index (χ4n) is 6.53. The van der Waals surface area contributed by atoms with Crippen molar-refractivity contribution in [2.24, 2.45) is 11.3 Å². The first-order chi connectivity index (χ1) is 21.6. The van der Waals surface area contributed by atoms with Crippen molar-refractivity contribution in [3.05, 3.63) is 89.1 Å². The van der Waals surface area contributed by atoms with Crippen LogP contribution in [0.3, 0.4) is 0 Å². The minimum absolute atomic E-state index is 0.0981. The number of carbonyl (C=O) groups is 2. The number of carbonyl (C=O) groups excluding carboxylic acids is 1. The Morgan fingerprint density at radius 1 is 1.04 bits per heavy atom. The van der Waals surface area contributed by atoms with Gasteiger partial charge in [-0.15, -0.1) is 0 Å². The Balaban J connectivity index is 1.94. The monoisotopic (exact) mass is 642 g/mol. The van der Waals surface area contributed by atoms with Crippen molar-refractivity contribution in [3.8, 4) is 5.75 Å². The molecule has 1 aliphatic heterocycles. The highest BCUT2D eigenvalue weighted by Crippen LogP contribution is 2.50. The number of methoxy groups -OCH3 is 2. The zero-order chi connectivity index (χ0) is 34.0. The van der Waals surface area contributed by atoms with Crippen molar-refractivity contribution in [1.82, 2.24) is 15.2 Å². The van der Waals surface area contributed by atoms with Gasteiger partial charge in [0.15, 0.2) is 6.10 Å². The van der Waals surface area contributed by atoms with Gasteiger partial charge in [-0.2, -0.15) is 13.2 Å². The summed E-state index contributed by atoms with van der Waals surface area (Å²) >= 11 is 0. The molecule has 46 heavy (non-hydrogen) atoms. The first kappa shape index (κ1) is 34.7. The smallest absolute Gasteiger partial charge is 0.416 e. The predicted molar refractivity (Wildman–Crippen MR) is 167 cm³/mol. The number of carboxylic acids is 1. The lowest BCUT2D eigenvalue weighted by molar-refractivity contribution is -0.157. The number of amides is 1. The van der Waals surface area contributed by atoms with Crippen LogP contribution in [-0.4, -0.2) is 67.3 Å². The van der Waals surface area contributed by atoms with Crippen LogP contribution in [0.4, 0.5) is 19.0 Å². The summed E-state index contributed by atoms with van der Waals surface area (Å²) in [5.74, 6) is -1.73. The van der Waals surface area contributed by atoms with Crippen LogP contribution < -0.4 is 15.0 Å². The number of hydrogen-bond donors (Lipinski definition) is 2. The van der Waals surface area contributed by atoms with E-state index in [-0.39, 0.29) is 17.9 Å². The number of nitrogens with zero attached hydrogens (tertiary/aromatic N) is 3. The highest BCUT2D eigenvalue weighted by Gasteiger charge is 2.59. The largest absolute Gasteiger partial charge is 0.496 e. The van der Waals surface area contributed by atoms with Crippen LogP contribution in [0.1, 0.15) is 55.2 Å². The number of ether oxygens (including phenoxy) is 2. The Kier molecular flexibility index (Phi) is 10.3. The molecule has 9 nitrogen and oxygen atoms in total. The summed E-state index contributed by atoms with van der Waals surface area (Å²) in [7, 11) is 6.35. The molecule has 1 amide bonds. The minimum Gasteiger partial charge on any atom is -0.496 e. The summed E-state index contributed by atoms with van der Waals surface area (Å²) in [5, 5.41) is 14.2. The normalized spacial score (nSPS) is 20.8. The number of anilines is 1. The van der Waals surface area contributed by atoms with E-state index in [0.717, 1.165) is 12.1 Å². The van der Waals surface area contributed by atoms with Gasteiger partial charge in [-0.05, 0) is 35.2 Å². The topological polar surface area (TPSA) is 104 Å². The standard InChI is InChI=1S/C34H41F3N4O5/c1-33(2,3)25-26(39-19-21-18-22(34(35,36)37)15-16-24(21)45-6)27(23-14-11-17-38-30(23)40(4)5)41(28(25)32(43)44)31(42)29(46-7)20-12-9-8-10-13-20/h8-18,25-29,39H,19H2,1-7H3,(H,43,44)/t25-,26-,27-,28-,29-/m1/s1. The Morgan fingerprint density at radius 2 is 1.72 bits per heavy atom. The summed E-state index contributed by atoms with van der Waals surface area (Å²) < 4.78 is 52.2. The maximum Gasteiger partial charge on any atom is 0.416 e. The maximum absolute atomic E-state index is 14.6. The summed E-state index contributed by atoms with van der Waals surface area (Å²) in [4.78, 5) is 35.6. The second-order valence-corrected chi connectivity index (χ2v) is 12.6. The highest BCUT2D eigenvalue weighted by molar-refractivity contribution is 5.89. The number of hydrogen-bond acceptors (Lipinski definition) is 7. The van der Waals surface area contributed by atoms with Crippen molar-refractivity contribution in [1.29, 1.82) is 0 Å². The molecule has 2 heterocycles. The highest BCUT2D eigenvalue weighted by atomic mass is 19.4. The van der Waals surface area contributed by atoms with E-state index in [2.05, 4.69) is 10.3 Å². The molecule has 1 saturated heterocycles.